The molecule has 0 aromatic carbocycles. The maximum absolute atomic E-state index is 11.7. The van der Waals surface area contributed by atoms with Crippen LogP contribution in [-0.2, 0) is 14.8 Å². The van der Waals surface area contributed by atoms with Gasteiger partial charge >= 0.3 is 0 Å². The lowest BCUT2D eigenvalue weighted by atomic mass is 9.93. The van der Waals surface area contributed by atoms with E-state index in [0.29, 0.717) is 25.9 Å². The Morgan fingerprint density at radius 3 is 2.78 bits per heavy atom. The number of Topliss-reactive ketones (excluding diaryl/α,β-unsaturated/α-hetero) is 1. The van der Waals surface area contributed by atoms with Gasteiger partial charge in [-0.05, 0) is 25.3 Å². The highest BCUT2D eigenvalue weighted by Gasteiger charge is 2.26. The zero-order chi connectivity index (χ0) is 13.6. The van der Waals surface area contributed by atoms with Crippen molar-refractivity contribution in [1.29, 1.82) is 0 Å². The Labute approximate surface area is 110 Å². The van der Waals surface area contributed by atoms with Crippen LogP contribution in [0.1, 0.15) is 32.6 Å². The molecule has 106 valence electrons. The van der Waals surface area contributed by atoms with Gasteiger partial charge in [-0.25, -0.2) is 12.7 Å². The highest BCUT2D eigenvalue weighted by atomic mass is 32.2. The van der Waals surface area contributed by atoms with E-state index in [2.05, 4.69) is 5.32 Å². The van der Waals surface area contributed by atoms with E-state index in [0.717, 1.165) is 25.9 Å². The van der Waals surface area contributed by atoms with Gasteiger partial charge in [0.25, 0.3) is 0 Å². The largest absolute Gasteiger partial charge is 0.317 e. The second-order valence-corrected chi connectivity index (χ2v) is 6.96. The predicted molar refractivity (Wildman–Crippen MR) is 71.9 cm³/mol. The maximum Gasteiger partial charge on any atom is 0.211 e. The summed E-state index contributed by atoms with van der Waals surface area (Å²) in [5, 5.41) is 3.12. The lowest BCUT2D eigenvalue weighted by molar-refractivity contribution is -0.120. The minimum Gasteiger partial charge on any atom is -0.317 e. The first-order chi connectivity index (χ1) is 8.43. The van der Waals surface area contributed by atoms with Crippen molar-refractivity contribution < 1.29 is 13.2 Å². The lowest BCUT2D eigenvalue weighted by Crippen LogP contribution is -2.39. The third kappa shape index (κ3) is 5.46. The predicted octanol–water partition coefficient (Wildman–Crippen LogP) is 0.617. The third-order valence-electron chi connectivity index (χ3n) is 3.30. The number of rotatable bonds is 7. The van der Waals surface area contributed by atoms with Crippen molar-refractivity contribution in [2.45, 2.75) is 32.6 Å². The molecule has 1 saturated heterocycles. The molecule has 1 fully saturated rings. The molecule has 1 atom stereocenters. The molecule has 0 amide bonds. The summed E-state index contributed by atoms with van der Waals surface area (Å²) in [6, 6.07) is 0. The van der Waals surface area contributed by atoms with Crippen molar-refractivity contribution in [2.75, 3.05) is 32.4 Å². The van der Waals surface area contributed by atoms with Crippen molar-refractivity contribution in [2.24, 2.45) is 5.92 Å². The molecule has 5 nitrogen and oxygen atoms in total. The number of sulfonamides is 1. The molecule has 1 aliphatic heterocycles. The highest BCUT2D eigenvalue weighted by molar-refractivity contribution is 7.88. The molecule has 1 unspecified atom stereocenters. The Balaban J connectivity index is 2.36. The Kier molecular flexibility index (Phi) is 6.25. The van der Waals surface area contributed by atoms with E-state index >= 15 is 0 Å². The van der Waals surface area contributed by atoms with E-state index in [1.54, 1.807) is 0 Å². The van der Waals surface area contributed by atoms with E-state index in [1.807, 2.05) is 6.92 Å². The number of ketones is 1. The molecule has 1 aliphatic rings. The summed E-state index contributed by atoms with van der Waals surface area (Å²) in [6.45, 7) is 4.71. The third-order valence-corrected chi connectivity index (χ3v) is 4.57. The van der Waals surface area contributed by atoms with Gasteiger partial charge in [0.2, 0.25) is 10.0 Å². The molecule has 0 aliphatic carbocycles. The van der Waals surface area contributed by atoms with Gasteiger partial charge in [-0.1, -0.05) is 6.92 Å². The van der Waals surface area contributed by atoms with Crippen molar-refractivity contribution in [3.05, 3.63) is 0 Å². The molecule has 0 bridgehead atoms. The Morgan fingerprint density at radius 1 is 1.44 bits per heavy atom. The highest BCUT2D eigenvalue weighted by Crippen LogP contribution is 2.21. The molecule has 0 aromatic rings. The van der Waals surface area contributed by atoms with Gasteiger partial charge in [-0.2, -0.15) is 0 Å². The van der Waals surface area contributed by atoms with Gasteiger partial charge in [-0.15, -0.1) is 0 Å². The Hall–Kier alpha value is -0.460. The summed E-state index contributed by atoms with van der Waals surface area (Å²) >= 11 is 0. The van der Waals surface area contributed by atoms with E-state index in [4.69, 9.17) is 0 Å². The van der Waals surface area contributed by atoms with Gasteiger partial charge < -0.3 is 5.32 Å². The van der Waals surface area contributed by atoms with Crippen LogP contribution < -0.4 is 5.32 Å². The summed E-state index contributed by atoms with van der Waals surface area (Å²) < 4.78 is 24.4. The van der Waals surface area contributed by atoms with Crippen LogP contribution in [0.2, 0.25) is 0 Å². The molecule has 1 rings (SSSR count). The van der Waals surface area contributed by atoms with Crippen molar-refractivity contribution >= 4 is 15.8 Å². The SMILES string of the molecule is CCNCCC(=O)CC1CCCN(S(C)(=O)=O)C1. The summed E-state index contributed by atoms with van der Waals surface area (Å²) in [7, 11) is -3.11. The van der Waals surface area contributed by atoms with Crippen LogP contribution in [0.15, 0.2) is 0 Å². The van der Waals surface area contributed by atoms with Crippen LogP contribution >= 0.6 is 0 Å². The van der Waals surface area contributed by atoms with Gasteiger partial charge in [0.1, 0.15) is 5.78 Å². The first-order valence-corrected chi connectivity index (χ1v) is 8.46. The minimum absolute atomic E-state index is 0.197. The molecule has 0 saturated carbocycles. The summed E-state index contributed by atoms with van der Waals surface area (Å²) in [5.41, 5.74) is 0. The van der Waals surface area contributed by atoms with Crippen LogP contribution in [0.3, 0.4) is 0 Å². The van der Waals surface area contributed by atoms with Crippen molar-refractivity contribution in [1.82, 2.24) is 9.62 Å². The van der Waals surface area contributed by atoms with Crippen LogP contribution in [0.5, 0.6) is 0 Å². The zero-order valence-electron chi connectivity index (χ0n) is 11.3. The van der Waals surface area contributed by atoms with Gasteiger partial charge in [-0.3, -0.25) is 4.79 Å². The molecular formula is C12H24N2O3S. The lowest BCUT2D eigenvalue weighted by Gasteiger charge is -2.30. The molecule has 0 spiro atoms. The van der Waals surface area contributed by atoms with E-state index in [9.17, 15) is 13.2 Å². The number of hydrogen-bond donors (Lipinski definition) is 1. The molecule has 18 heavy (non-hydrogen) atoms. The summed E-state index contributed by atoms with van der Waals surface area (Å²) in [5.74, 6) is 0.430. The number of carbonyl (C=O) groups excluding carboxylic acids is 1. The molecule has 0 aromatic heterocycles. The number of nitrogens with zero attached hydrogens (tertiary/aromatic N) is 1. The Morgan fingerprint density at radius 2 is 2.17 bits per heavy atom. The number of hydrogen-bond acceptors (Lipinski definition) is 4. The maximum atomic E-state index is 11.7. The molecular weight excluding hydrogens is 252 g/mol. The number of carbonyl (C=O) groups is 1. The summed E-state index contributed by atoms with van der Waals surface area (Å²) in [6.07, 6.45) is 4.11. The summed E-state index contributed by atoms with van der Waals surface area (Å²) in [4.78, 5) is 11.7. The second kappa shape index (κ2) is 7.21. The van der Waals surface area contributed by atoms with Crippen LogP contribution in [-0.4, -0.2) is 50.9 Å². The zero-order valence-corrected chi connectivity index (χ0v) is 12.1. The van der Waals surface area contributed by atoms with E-state index < -0.39 is 10.0 Å². The van der Waals surface area contributed by atoms with Crippen LogP contribution in [0.25, 0.3) is 0 Å². The van der Waals surface area contributed by atoms with Crippen LogP contribution in [0, 0.1) is 5.92 Å². The fourth-order valence-electron chi connectivity index (χ4n) is 2.32. The minimum atomic E-state index is -3.11. The standard InChI is InChI=1S/C12H24N2O3S/c1-3-13-7-6-12(15)9-11-5-4-8-14(10-11)18(2,16)17/h11,13H,3-10H2,1-2H3. The fraction of sp³-hybridized carbons (Fsp3) is 0.917. The molecule has 1 N–H and O–H groups in total. The first kappa shape index (κ1) is 15.6. The topological polar surface area (TPSA) is 66.5 Å². The quantitative estimate of drug-likeness (QED) is 0.692. The van der Waals surface area contributed by atoms with Gasteiger partial charge in [0.15, 0.2) is 0 Å². The van der Waals surface area contributed by atoms with Crippen LogP contribution in [0.4, 0.5) is 0 Å². The first-order valence-electron chi connectivity index (χ1n) is 6.61. The fourth-order valence-corrected chi connectivity index (χ4v) is 3.27. The smallest absolute Gasteiger partial charge is 0.211 e. The molecule has 1 heterocycles. The van der Waals surface area contributed by atoms with Gasteiger partial charge in [0, 0.05) is 32.5 Å². The normalized spacial score (nSPS) is 22.0. The monoisotopic (exact) mass is 276 g/mol. The second-order valence-electron chi connectivity index (χ2n) is 4.98. The number of piperidine rings is 1. The molecule has 6 heteroatoms. The average Bonchev–Trinajstić information content (AvgIpc) is 2.28. The van der Waals surface area contributed by atoms with E-state index in [1.165, 1.54) is 10.6 Å². The Bertz CT molecular complexity index is 368. The van der Waals surface area contributed by atoms with Crippen molar-refractivity contribution in [3.63, 3.8) is 0 Å². The van der Waals surface area contributed by atoms with Gasteiger partial charge in [0.05, 0.1) is 6.26 Å². The van der Waals surface area contributed by atoms with E-state index in [-0.39, 0.29) is 11.7 Å². The number of nitrogens with one attached hydrogen (secondary N) is 1. The molecule has 0 radical (unpaired) electrons. The average molecular weight is 276 g/mol. The van der Waals surface area contributed by atoms with Crippen molar-refractivity contribution in [3.8, 4) is 0 Å².